The fourth-order valence-corrected chi connectivity index (χ4v) is 5.00. The first-order chi connectivity index (χ1) is 15.0. The van der Waals surface area contributed by atoms with E-state index in [-0.39, 0.29) is 23.8 Å². The molecule has 31 heavy (non-hydrogen) atoms. The van der Waals surface area contributed by atoms with Crippen molar-refractivity contribution in [3.8, 4) is 0 Å². The highest BCUT2D eigenvalue weighted by molar-refractivity contribution is 6.31. The van der Waals surface area contributed by atoms with E-state index in [2.05, 4.69) is 10.3 Å². The van der Waals surface area contributed by atoms with Gasteiger partial charge in [-0.2, -0.15) is 0 Å². The van der Waals surface area contributed by atoms with Crippen LogP contribution in [0.3, 0.4) is 0 Å². The Morgan fingerprint density at radius 1 is 1.19 bits per heavy atom. The Labute approximate surface area is 186 Å². The van der Waals surface area contributed by atoms with Crippen molar-refractivity contribution in [3.63, 3.8) is 0 Å². The van der Waals surface area contributed by atoms with Crippen LogP contribution in [0.1, 0.15) is 59.8 Å². The molecular formula is C24H25ClN4O2. The molecule has 2 amide bonds. The summed E-state index contributed by atoms with van der Waals surface area (Å²) in [5, 5.41) is 3.91. The second-order valence-corrected chi connectivity index (χ2v) is 9.05. The van der Waals surface area contributed by atoms with E-state index in [1.54, 1.807) is 11.9 Å². The largest absolute Gasteiger partial charge is 0.349 e. The molecule has 0 spiro atoms. The fraction of sp³-hybridized carbons (Fsp3) is 0.375. The Bertz CT molecular complexity index is 1170. The van der Waals surface area contributed by atoms with Gasteiger partial charge in [0.15, 0.2) is 0 Å². The number of aryl methyl sites for hydroxylation is 1. The van der Waals surface area contributed by atoms with Crippen LogP contribution in [0.4, 0.5) is 5.69 Å². The molecule has 6 nitrogen and oxygen atoms in total. The van der Waals surface area contributed by atoms with Crippen molar-refractivity contribution in [2.75, 3.05) is 11.9 Å². The molecule has 2 heterocycles. The maximum Gasteiger partial charge on any atom is 0.251 e. The zero-order valence-corrected chi connectivity index (χ0v) is 18.2. The average Bonchev–Trinajstić information content (AvgIpc) is 3.19. The van der Waals surface area contributed by atoms with E-state index in [1.807, 2.05) is 36.4 Å². The number of aromatic amines is 1. The van der Waals surface area contributed by atoms with Gasteiger partial charge in [0.1, 0.15) is 5.82 Å². The maximum absolute atomic E-state index is 12.9. The van der Waals surface area contributed by atoms with Crippen LogP contribution in [0.25, 0.3) is 11.0 Å². The standard InChI is InChI=1S/C24H25ClN4O2/c1-29-21-9-5-16(11-14(21)6-10-22(29)30)24(31)26-18-4-2-3-15(12-18)23-27-19-8-7-17(25)13-20(19)28-23/h5,7-9,11,13,15,18H,2-4,6,10,12H2,1H3,(H,26,31)(H,27,28)/t15-,18+/m0/s1. The molecule has 2 N–H and O–H groups in total. The van der Waals surface area contributed by atoms with E-state index < -0.39 is 0 Å². The third-order valence-corrected chi connectivity index (χ3v) is 6.78. The lowest BCUT2D eigenvalue weighted by Crippen LogP contribution is -2.38. The van der Waals surface area contributed by atoms with Crippen LogP contribution in [0.2, 0.25) is 5.02 Å². The molecule has 3 aromatic rings. The number of rotatable bonds is 3. The van der Waals surface area contributed by atoms with Crippen LogP contribution in [-0.2, 0) is 11.2 Å². The zero-order chi connectivity index (χ0) is 21.5. The molecule has 160 valence electrons. The third-order valence-electron chi connectivity index (χ3n) is 6.54. The van der Waals surface area contributed by atoms with Gasteiger partial charge in [0.25, 0.3) is 5.91 Å². The second kappa shape index (κ2) is 8.00. The summed E-state index contributed by atoms with van der Waals surface area (Å²) in [7, 11) is 1.79. The zero-order valence-electron chi connectivity index (χ0n) is 17.5. The summed E-state index contributed by atoms with van der Waals surface area (Å²) in [4.78, 5) is 34.7. The molecule has 2 aromatic carbocycles. The molecule has 1 aliphatic carbocycles. The first-order valence-electron chi connectivity index (χ1n) is 10.8. The minimum atomic E-state index is -0.0515. The Balaban J connectivity index is 1.28. The van der Waals surface area contributed by atoms with Gasteiger partial charge in [0, 0.05) is 41.7 Å². The van der Waals surface area contributed by atoms with Crippen LogP contribution in [0.15, 0.2) is 36.4 Å². The molecule has 0 saturated heterocycles. The summed E-state index contributed by atoms with van der Waals surface area (Å²) in [6.07, 6.45) is 5.10. The third kappa shape index (κ3) is 3.92. The van der Waals surface area contributed by atoms with Gasteiger partial charge in [-0.15, -0.1) is 0 Å². The first kappa shape index (κ1) is 20.1. The summed E-state index contributed by atoms with van der Waals surface area (Å²) < 4.78 is 0. The maximum atomic E-state index is 12.9. The number of hydrogen-bond acceptors (Lipinski definition) is 3. The van der Waals surface area contributed by atoms with E-state index in [0.717, 1.165) is 53.8 Å². The topological polar surface area (TPSA) is 78.1 Å². The Hall–Kier alpha value is -2.86. The lowest BCUT2D eigenvalue weighted by atomic mass is 9.85. The summed E-state index contributed by atoms with van der Waals surface area (Å²) in [5.41, 5.74) is 4.48. The molecular weight excluding hydrogens is 412 g/mol. The minimum absolute atomic E-state index is 0.0515. The highest BCUT2D eigenvalue weighted by Crippen LogP contribution is 2.33. The van der Waals surface area contributed by atoms with Crippen molar-refractivity contribution in [1.29, 1.82) is 0 Å². The van der Waals surface area contributed by atoms with Gasteiger partial charge in [-0.3, -0.25) is 9.59 Å². The van der Waals surface area contributed by atoms with Gasteiger partial charge < -0.3 is 15.2 Å². The number of H-pyrrole nitrogens is 1. The number of carbonyl (C=O) groups is 2. The van der Waals surface area contributed by atoms with E-state index in [0.29, 0.717) is 23.4 Å². The smallest absolute Gasteiger partial charge is 0.251 e. The highest BCUT2D eigenvalue weighted by atomic mass is 35.5. The number of benzene rings is 2. The predicted octanol–water partition coefficient (Wildman–Crippen LogP) is 4.58. The molecule has 1 aliphatic heterocycles. The number of hydrogen-bond donors (Lipinski definition) is 2. The van der Waals surface area contributed by atoms with Crippen LogP contribution in [-0.4, -0.2) is 34.9 Å². The summed E-state index contributed by atoms with van der Waals surface area (Å²) >= 11 is 6.10. The number of anilines is 1. The van der Waals surface area contributed by atoms with Crippen LogP contribution in [0, 0.1) is 0 Å². The van der Waals surface area contributed by atoms with Gasteiger partial charge in [-0.25, -0.2) is 4.98 Å². The molecule has 0 bridgehead atoms. The van der Waals surface area contributed by atoms with E-state index in [9.17, 15) is 9.59 Å². The van der Waals surface area contributed by atoms with Gasteiger partial charge in [0.2, 0.25) is 5.91 Å². The Morgan fingerprint density at radius 2 is 2.06 bits per heavy atom. The lowest BCUT2D eigenvalue weighted by molar-refractivity contribution is -0.118. The second-order valence-electron chi connectivity index (χ2n) is 8.61. The van der Waals surface area contributed by atoms with Crippen molar-refractivity contribution in [3.05, 3.63) is 58.4 Å². The Kier molecular flexibility index (Phi) is 5.18. The minimum Gasteiger partial charge on any atom is -0.349 e. The van der Waals surface area contributed by atoms with Crippen molar-refractivity contribution in [2.45, 2.75) is 50.5 Å². The van der Waals surface area contributed by atoms with Crippen molar-refractivity contribution in [1.82, 2.24) is 15.3 Å². The highest BCUT2D eigenvalue weighted by Gasteiger charge is 2.27. The van der Waals surface area contributed by atoms with Gasteiger partial charge in [-0.05, 0) is 67.6 Å². The average molecular weight is 437 g/mol. The van der Waals surface area contributed by atoms with Crippen molar-refractivity contribution < 1.29 is 9.59 Å². The van der Waals surface area contributed by atoms with Crippen molar-refractivity contribution in [2.24, 2.45) is 0 Å². The summed E-state index contributed by atoms with van der Waals surface area (Å²) in [6.45, 7) is 0. The number of imidazole rings is 1. The molecule has 5 rings (SSSR count). The van der Waals surface area contributed by atoms with E-state index in [4.69, 9.17) is 16.6 Å². The number of halogens is 1. The van der Waals surface area contributed by atoms with Crippen molar-refractivity contribution >= 4 is 40.1 Å². The van der Waals surface area contributed by atoms with Crippen LogP contribution < -0.4 is 10.2 Å². The van der Waals surface area contributed by atoms with E-state index >= 15 is 0 Å². The molecule has 1 aromatic heterocycles. The van der Waals surface area contributed by atoms with E-state index in [1.165, 1.54) is 0 Å². The number of carbonyl (C=O) groups excluding carboxylic acids is 2. The molecule has 7 heteroatoms. The number of nitrogens with one attached hydrogen (secondary N) is 2. The quantitative estimate of drug-likeness (QED) is 0.630. The molecule has 2 atom stereocenters. The SMILES string of the molecule is CN1C(=O)CCc2cc(C(=O)N[C@@H]3CCC[C@H](c4nc5ccc(Cl)cc5[nH]4)C3)ccc21. The molecule has 1 fully saturated rings. The lowest BCUT2D eigenvalue weighted by Gasteiger charge is -2.29. The molecule has 0 unspecified atom stereocenters. The van der Waals surface area contributed by atoms with Gasteiger partial charge >= 0.3 is 0 Å². The van der Waals surface area contributed by atoms with Gasteiger partial charge in [0.05, 0.1) is 11.0 Å². The summed E-state index contributed by atoms with van der Waals surface area (Å²) in [5.74, 6) is 1.32. The summed E-state index contributed by atoms with van der Waals surface area (Å²) in [6, 6.07) is 11.4. The number of nitrogens with zero attached hydrogens (tertiary/aromatic N) is 2. The monoisotopic (exact) mass is 436 g/mol. The molecule has 0 radical (unpaired) electrons. The Morgan fingerprint density at radius 3 is 2.94 bits per heavy atom. The normalized spacial score (nSPS) is 21.2. The molecule has 1 saturated carbocycles. The van der Waals surface area contributed by atoms with Gasteiger partial charge in [-0.1, -0.05) is 18.0 Å². The van der Waals surface area contributed by atoms with Crippen LogP contribution in [0.5, 0.6) is 0 Å². The number of aromatic nitrogens is 2. The number of amides is 2. The first-order valence-corrected chi connectivity index (χ1v) is 11.2. The predicted molar refractivity (Wildman–Crippen MR) is 122 cm³/mol. The van der Waals surface area contributed by atoms with Crippen LogP contribution >= 0.6 is 11.6 Å². The number of fused-ring (bicyclic) bond motifs is 2. The molecule has 2 aliphatic rings. The fourth-order valence-electron chi connectivity index (χ4n) is 4.83.